The van der Waals surface area contributed by atoms with Gasteiger partial charge in [0.05, 0.1) is 6.61 Å². The second-order valence-corrected chi connectivity index (χ2v) is 14.9. The summed E-state index contributed by atoms with van der Waals surface area (Å²) in [7, 11) is 4.31. The third-order valence-corrected chi connectivity index (χ3v) is 10.2. The standard InChI is InChI=1S/C40H79N3O4/c1-5-7-9-11-12-16-25-37(24-15-10-8-6-2)36-47-40(46)29-18-14-20-32-42(31-19-13-17-28-39(44)45)34-35-43(38-26-23-27-38)33-22-21-30-41(3)4/h37-38H,5-36H2,1-4H3,(H,44,45). The molecule has 0 saturated heterocycles. The van der Waals surface area contributed by atoms with Crippen LogP contribution in [0.2, 0.25) is 0 Å². The normalized spacial score (nSPS) is 14.3. The number of unbranched alkanes of at least 4 members (excludes halogenated alkanes) is 13. The van der Waals surface area contributed by atoms with Crippen LogP contribution in [0.5, 0.6) is 0 Å². The highest BCUT2D eigenvalue weighted by molar-refractivity contribution is 5.69. The van der Waals surface area contributed by atoms with Crippen molar-refractivity contribution in [3.8, 4) is 0 Å². The number of carbonyl (C=O) groups excluding carboxylic acids is 1. The van der Waals surface area contributed by atoms with Gasteiger partial charge in [0, 0.05) is 32.0 Å². The van der Waals surface area contributed by atoms with Gasteiger partial charge in [-0.25, -0.2) is 0 Å². The smallest absolute Gasteiger partial charge is 0.305 e. The zero-order chi connectivity index (χ0) is 34.4. The molecular formula is C40H79N3O4. The summed E-state index contributed by atoms with van der Waals surface area (Å²) in [6.07, 6.45) is 28.7. The van der Waals surface area contributed by atoms with Gasteiger partial charge < -0.3 is 19.6 Å². The average Bonchev–Trinajstić information content (AvgIpc) is 3.01. The highest BCUT2D eigenvalue weighted by Crippen LogP contribution is 2.25. The van der Waals surface area contributed by atoms with E-state index < -0.39 is 5.97 Å². The van der Waals surface area contributed by atoms with Crippen LogP contribution >= 0.6 is 0 Å². The average molecular weight is 666 g/mol. The van der Waals surface area contributed by atoms with Crippen molar-refractivity contribution in [1.29, 1.82) is 0 Å². The molecule has 7 nitrogen and oxygen atoms in total. The number of ether oxygens (including phenoxy) is 1. The molecule has 0 aromatic carbocycles. The van der Waals surface area contributed by atoms with E-state index in [2.05, 4.69) is 42.6 Å². The molecule has 0 aliphatic heterocycles. The molecule has 1 aliphatic carbocycles. The van der Waals surface area contributed by atoms with E-state index in [1.54, 1.807) is 0 Å². The molecule has 1 atom stereocenters. The topological polar surface area (TPSA) is 73.3 Å². The van der Waals surface area contributed by atoms with Crippen LogP contribution in [0, 0.1) is 5.92 Å². The van der Waals surface area contributed by atoms with E-state index in [9.17, 15) is 9.59 Å². The monoisotopic (exact) mass is 666 g/mol. The van der Waals surface area contributed by atoms with Crippen molar-refractivity contribution in [3.63, 3.8) is 0 Å². The molecular weight excluding hydrogens is 586 g/mol. The minimum atomic E-state index is -0.689. The molecule has 1 unspecified atom stereocenters. The molecule has 0 radical (unpaired) electrons. The fourth-order valence-electron chi connectivity index (χ4n) is 6.81. The maximum Gasteiger partial charge on any atom is 0.305 e. The van der Waals surface area contributed by atoms with Gasteiger partial charge in [-0.1, -0.05) is 97.3 Å². The van der Waals surface area contributed by atoms with Crippen molar-refractivity contribution in [2.75, 3.05) is 60.0 Å². The number of rotatable bonds is 35. The summed E-state index contributed by atoms with van der Waals surface area (Å²) in [5, 5.41) is 9.00. The Bertz CT molecular complexity index is 730. The lowest BCUT2D eigenvalue weighted by molar-refractivity contribution is -0.145. The second kappa shape index (κ2) is 30.8. The summed E-state index contributed by atoms with van der Waals surface area (Å²) in [4.78, 5) is 31.2. The highest BCUT2D eigenvalue weighted by atomic mass is 16.5. The van der Waals surface area contributed by atoms with Gasteiger partial charge in [0.1, 0.15) is 0 Å². The number of nitrogens with zero attached hydrogens (tertiary/aromatic N) is 3. The Morgan fingerprint density at radius 2 is 1.17 bits per heavy atom. The van der Waals surface area contributed by atoms with Gasteiger partial charge in [0.15, 0.2) is 0 Å². The van der Waals surface area contributed by atoms with Crippen LogP contribution in [0.1, 0.15) is 174 Å². The van der Waals surface area contributed by atoms with E-state index in [4.69, 9.17) is 9.84 Å². The predicted molar refractivity (Wildman–Crippen MR) is 199 cm³/mol. The molecule has 1 N–H and O–H groups in total. The minimum Gasteiger partial charge on any atom is -0.481 e. The molecule has 0 aromatic rings. The van der Waals surface area contributed by atoms with Crippen LogP contribution in [-0.4, -0.2) is 97.8 Å². The lowest BCUT2D eigenvalue weighted by Crippen LogP contribution is -2.45. The van der Waals surface area contributed by atoms with Crippen molar-refractivity contribution in [3.05, 3.63) is 0 Å². The number of esters is 1. The predicted octanol–water partition coefficient (Wildman–Crippen LogP) is 9.57. The third kappa shape index (κ3) is 26.4. The largest absolute Gasteiger partial charge is 0.481 e. The fraction of sp³-hybridized carbons (Fsp3) is 0.950. The molecule has 47 heavy (non-hydrogen) atoms. The minimum absolute atomic E-state index is 0.00722. The summed E-state index contributed by atoms with van der Waals surface area (Å²) < 4.78 is 5.83. The Morgan fingerprint density at radius 1 is 0.638 bits per heavy atom. The molecule has 0 aromatic heterocycles. The zero-order valence-corrected chi connectivity index (χ0v) is 31.8. The molecule has 0 amide bonds. The summed E-state index contributed by atoms with van der Waals surface area (Å²) in [5.74, 6) is -0.170. The molecule has 1 aliphatic rings. The first kappa shape index (κ1) is 43.8. The third-order valence-electron chi connectivity index (χ3n) is 10.2. The van der Waals surface area contributed by atoms with Crippen molar-refractivity contribution in [2.45, 2.75) is 180 Å². The Balaban J connectivity index is 2.43. The maximum absolute atomic E-state index is 12.7. The number of carboxylic acid groups (broad SMARTS) is 1. The van der Waals surface area contributed by atoms with E-state index in [1.807, 2.05) is 0 Å². The molecule has 278 valence electrons. The van der Waals surface area contributed by atoms with Gasteiger partial charge >= 0.3 is 11.9 Å². The quantitative estimate of drug-likeness (QED) is 0.0534. The van der Waals surface area contributed by atoms with E-state index >= 15 is 0 Å². The van der Waals surface area contributed by atoms with Crippen LogP contribution in [-0.2, 0) is 14.3 Å². The number of carboxylic acids is 1. The summed E-state index contributed by atoms with van der Waals surface area (Å²) in [5.41, 5.74) is 0. The molecule has 1 rings (SSSR count). The number of hydrogen-bond acceptors (Lipinski definition) is 6. The highest BCUT2D eigenvalue weighted by Gasteiger charge is 2.24. The van der Waals surface area contributed by atoms with Gasteiger partial charge in [-0.2, -0.15) is 0 Å². The van der Waals surface area contributed by atoms with Crippen LogP contribution in [0.15, 0.2) is 0 Å². The summed E-state index contributed by atoms with van der Waals surface area (Å²) in [6.45, 7) is 11.8. The van der Waals surface area contributed by atoms with Gasteiger partial charge in [0.25, 0.3) is 0 Å². The molecule has 7 heteroatoms. The molecule has 0 heterocycles. The zero-order valence-electron chi connectivity index (χ0n) is 31.8. The van der Waals surface area contributed by atoms with Crippen LogP contribution in [0.4, 0.5) is 0 Å². The van der Waals surface area contributed by atoms with E-state index in [0.717, 1.165) is 77.3 Å². The first-order chi connectivity index (χ1) is 22.8. The van der Waals surface area contributed by atoms with Crippen molar-refractivity contribution < 1.29 is 19.4 Å². The van der Waals surface area contributed by atoms with Crippen molar-refractivity contribution in [1.82, 2.24) is 14.7 Å². The van der Waals surface area contributed by atoms with Crippen LogP contribution < -0.4 is 0 Å². The maximum atomic E-state index is 12.7. The lowest BCUT2D eigenvalue weighted by Gasteiger charge is -2.39. The molecule has 1 fully saturated rings. The SMILES string of the molecule is CCCCCCCCC(CCCCCC)COC(=O)CCCCCN(CCCCCC(=O)O)CCN(CCCCN(C)C)C1CCC1. The Hall–Kier alpha value is -1.18. The van der Waals surface area contributed by atoms with Crippen LogP contribution in [0.3, 0.4) is 0 Å². The number of carbonyl (C=O) groups is 2. The molecule has 0 bridgehead atoms. The Kier molecular flexibility index (Phi) is 28.8. The Morgan fingerprint density at radius 3 is 1.74 bits per heavy atom. The molecule has 0 spiro atoms. The van der Waals surface area contributed by atoms with Gasteiger partial charge in [-0.05, 0) is 110 Å². The van der Waals surface area contributed by atoms with Gasteiger partial charge in [0.2, 0.25) is 0 Å². The Labute approximate surface area is 291 Å². The molecule has 1 saturated carbocycles. The second-order valence-electron chi connectivity index (χ2n) is 14.9. The fourth-order valence-corrected chi connectivity index (χ4v) is 6.81. The first-order valence-electron chi connectivity index (χ1n) is 20.3. The van der Waals surface area contributed by atoms with Crippen molar-refractivity contribution in [2.24, 2.45) is 5.92 Å². The lowest BCUT2D eigenvalue weighted by atomic mass is 9.91. The van der Waals surface area contributed by atoms with Gasteiger partial charge in [-0.3, -0.25) is 14.5 Å². The van der Waals surface area contributed by atoms with Gasteiger partial charge in [-0.15, -0.1) is 0 Å². The summed E-state index contributed by atoms with van der Waals surface area (Å²) >= 11 is 0. The van der Waals surface area contributed by atoms with E-state index in [0.29, 0.717) is 18.9 Å². The van der Waals surface area contributed by atoms with E-state index in [1.165, 1.54) is 116 Å². The van der Waals surface area contributed by atoms with E-state index in [-0.39, 0.29) is 12.4 Å². The number of hydrogen-bond donors (Lipinski definition) is 1. The van der Waals surface area contributed by atoms with Crippen molar-refractivity contribution >= 4 is 11.9 Å². The van der Waals surface area contributed by atoms with Crippen LogP contribution in [0.25, 0.3) is 0 Å². The number of aliphatic carboxylic acids is 1. The first-order valence-corrected chi connectivity index (χ1v) is 20.3. The summed E-state index contributed by atoms with van der Waals surface area (Å²) in [6, 6.07) is 0.763.